The number of hydrogen-bond donors (Lipinski definition) is 0. The summed E-state index contributed by atoms with van der Waals surface area (Å²) in [6.07, 6.45) is 11.7. The maximum Gasteiger partial charge on any atom is -0.0115 e. The van der Waals surface area contributed by atoms with Crippen LogP contribution in [0.25, 0.3) is 0 Å². The summed E-state index contributed by atoms with van der Waals surface area (Å²) in [6, 6.07) is 0. The SMILES string of the molecule is C=CC1(C)CC=CCCC1. The van der Waals surface area contributed by atoms with Gasteiger partial charge in [-0.05, 0) is 31.1 Å². The van der Waals surface area contributed by atoms with Crippen molar-refractivity contribution < 1.29 is 0 Å². The highest BCUT2D eigenvalue weighted by molar-refractivity contribution is 5.00. The molecule has 0 aromatic carbocycles. The molecule has 0 radical (unpaired) electrons. The van der Waals surface area contributed by atoms with Crippen molar-refractivity contribution >= 4 is 0 Å². The average Bonchev–Trinajstić information content (AvgIpc) is 2.15. The molecule has 0 heteroatoms. The highest BCUT2D eigenvalue weighted by Crippen LogP contribution is 2.32. The quantitative estimate of drug-likeness (QED) is 0.485. The van der Waals surface area contributed by atoms with Crippen LogP contribution in [0.5, 0.6) is 0 Å². The number of rotatable bonds is 1. The second-order valence-electron chi connectivity index (χ2n) is 3.43. The van der Waals surface area contributed by atoms with Gasteiger partial charge in [-0.15, -0.1) is 6.58 Å². The van der Waals surface area contributed by atoms with Gasteiger partial charge in [0.1, 0.15) is 0 Å². The first-order valence-electron chi connectivity index (χ1n) is 4.05. The Labute approximate surface area is 63.6 Å². The minimum atomic E-state index is 0.382. The molecule has 0 amide bonds. The highest BCUT2D eigenvalue weighted by atomic mass is 14.2. The Morgan fingerprint density at radius 1 is 1.50 bits per heavy atom. The molecule has 1 unspecified atom stereocenters. The first-order valence-corrected chi connectivity index (χ1v) is 4.05. The summed E-state index contributed by atoms with van der Waals surface area (Å²) in [5.74, 6) is 0. The summed E-state index contributed by atoms with van der Waals surface area (Å²) in [5, 5.41) is 0. The topological polar surface area (TPSA) is 0 Å². The van der Waals surface area contributed by atoms with E-state index in [1.165, 1.54) is 25.7 Å². The highest BCUT2D eigenvalue weighted by Gasteiger charge is 2.18. The molecule has 0 N–H and O–H groups in total. The van der Waals surface area contributed by atoms with E-state index in [0.29, 0.717) is 5.41 Å². The van der Waals surface area contributed by atoms with E-state index in [-0.39, 0.29) is 0 Å². The Balaban J connectivity index is 2.59. The van der Waals surface area contributed by atoms with Crippen LogP contribution in [0.3, 0.4) is 0 Å². The van der Waals surface area contributed by atoms with Crippen LogP contribution in [0, 0.1) is 5.41 Å². The van der Waals surface area contributed by atoms with E-state index >= 15 is 0 Å². The lowest BCUT2D eigenvalue weighted by Gasteiger charge is -2.21. The summed E-state index contributed by atoms with van der Waals surface area (Å²) in [4.78, 5) is 0. The molecule has 0 aromatic heterocycles. The van der Waals surface area contributed by atoms with Crippen molar-refractivity contribution in [1.82, 2.24) is 0 Å². The summed E-state index contributed by atoms with van der Waals surface area (Å²) in [6.45, 7) is 6.15. The molecule has 1 aliphatic rings. The van der Waals surface area contributed by atoms with Crippen molar-refractivity contribution in [2.45, 2.75) is 32.6 Å². The standard InChI is InChI=1S/C10H16/c1-3-10(2)8-6-4-5-7-9-10/h3-4,6H,1,5,7-9H2,2H3. The van der Waals surface area contributed by atoms with Gasteiger partial charge in [0.2, 0.25) is 0 Å². The zero-order chi connectivity index (χ0) is 7.45. The average molecular weight is 136 g/mol. The molecule has 0 spiro atoms. The van der Waals surface area contributed by atoms with E-state index < -0.39 is 0 Å². The Hall–Kier alpha value is -0.520. The molecule has 0 aromatic rings. The Bertz CT molecular complexity index is 144. The smallest absolute Gasteiger partial charge is 0.0115 e. The molecule has 1 atom stereocenters. The zero-order valence-corrected chi connectivity index (χ0v) is 6.77. The summed E-state index contributed by atoms with van der Waals surface area (Å²) in [7, 11) is 0. The summed E-state index contributed by atoms with van der Waals surface area (Å²) >= 11 is 0. The largest absolute Gasteiger partial charge is 0.103 e. The molecule has 0 fully saturated rings. The fraction of sp³-hybridized carbons (Fsp3) is 0.600. The lowest BCUT2D eigenvalue weighted by atomic mass is 9.83. The Morgan fingerprint density at radius 2 is 2.30 bits per heavy atom. The van der Waals surface area contributed by atoms with Gasteiger partial charge in [0.05, 0.1) is 0 Å². The minimum absolute atomic E-state index is 0.382. The van der Waals surface area contributed by atoms with Gasteiger partial charge in [0, 0.05) is 0 Å². The molecule has 0 aliphatic heterocycles. The third-order valence-electron chi connectivity index (χ3n) is 2.36. The summed E-state index contributed by atoms with van der Waals surface area (Å²) < 4.78 is 0. The van der Waals surface area contributed by atoms with Gasteiger partial charge in [-0.25, -0.2) is 0 Å². The number of allylic oxidation sites excluding steroid dienone is 3. The van der Waals surface area contributed by atoms with Gasteiger partial charge in [0.25, 0.3) is 0 Å². The predicted molar refractivity (Wildman–Crippen MR) is 45.9 cm³/mol. The molecule has 0 saturated heterocycles. The monoisotopic (exact) mass is 136 g/mol. The lowest BCUT2D eigenvalue weighted by Crippen LogP contribution is -2.09. The van der Waals surface area contributed by atoms with Gasteiger partial charge >= 0.3 is 0 Å². The van der Waals surface area contributed by atoms with E-state index in [2.05, 4.69) is 31.7 Å². The molecule has 0 saturated carbocycles. The Morgan fingerprint density at radius 3 is 3.00 bits per heavy atom. The molecule has 1 aliphatic carbocycles. The molecule has 1 rings (SSSR count). The first kappa shape index (κ1) is 7.59. The predicted octanol–water partition coefficient (Wildman–Crippen LogP) is 3.31. The molecule has 10 heavy (non-hydrogen) atoms. The summed E-state index contributed by atoms with van der Waals surface area (Å²) in [5.41, 5.74) is 0.382. The molecular formula is C10H16. The van der Waals surface area contributed by atoms with Crippen molar-refractivity contribution in [2.75, 3.05) is 0 Å². The van der Waals surface area contributed by atoms with Crippen molar-refractivity contribution in [3.8, 4) is 0 Å². The van der Waals surface area contributed by atoms with Gasteiger partial charge < -0.3 is 0 Å². The van der Waals surface area contributed by atoms with Crippen LogP contribution >= 0.6 is 0 Å². The molecule has 0 bridgehead atoms. The van der Waals surface area contributed by atoms with Crippen LogP contribution in [-0.2, 0) is 0 Å². The van der Waals surface area contributed by atoms with Gasteiger partial charge in [-0.1, -0.05) is 25.2 Å². The van der Waals surface area contributed by atoms with E-state index in [4.69, 9.17) is 0 Å². The van der Waals surface area contributed by atoms with E-state index in [9.17, 15) is 0 Å². The zero-order valence-electron chi connectivity index (χ0n) is 6.77. The van der Waals surface area contributed by atoms with E-state index in [1.54, 1.807) is 0 Å². The minimum Gasteiger partial charge on any atom is -0.103 e. The van der Waals surface area contributed by atoms with Crippen molar-refractivity contribution in [3.05, 3.63) is 24.8 Å². The fourth-order valence-electron chi connectivity index (χ4n) is 1.38. The normalized spacial score (nSPS) is 33.3. The molecule has 0 nitrogen and oxygen atoms in total. The van der Waals surface area contributed by atoms with Gasteiger partial charge in [0.15, 0.2) is 0 Å². The van der Waals surface area contributed by atoms with Crippen LogP contribution in [0.4, 0.5) is 0 Å². The van der Waals surface area contributed by atoms with Crippen LogP contribution < -0.4 is 0 Å². The van der Waals surface area contributed by atoms with Gasteiger partial charge in [-0.3, -0.25) is 0 Å². The first-order chi connectivity index (χ1) is 4.77. The van der Waals surface area contributed by atoms with Crippen molar-refractivity contribution in [1.29, 1.82) is 0 Å². The van der Waals surface area contributed by atoms with Crippen LogP contribution in [0.15, 0.2) is 24.8 Å². The third kappa shape index (κ3) is 1.73. The molecule has 56 valence electrons. The maximum absolute atomic E-state index is 3.86. The molecule has 0 heterocycles. The van der Waals surface area contributed by atoms with Crippen molar-refractivity contribution in [3.63, 3.8) is 0 Å². The van der Waals surface area contributed by atoms with Crippen molar-refractivity contribution in [2.24, 2.45) is 5.41 Å². The maximum atomic E-state index is 3.86. The van der Waals surface area contributed by atoms with Crippen LogP contribution in [-0.4, -0.2) is 0 Å². The van der Waals surface area contributed by atoms with E-state index in [0.717, 1.165) is 0 Å². The lowest BCUT2D eigenvalue weighted by molar-refractivity contribution is 0.394. The Kier molecular flexibility index (Phi) is 2.31. The third-order valence-corrected chi connectivity index (χ3v) is 2.36. The molecular weight excluding hydrogens is 120 g/mol. The van der Waals surface area contributed by atoms with Crippen LogP contribution in [0.2, 0.25) is 0 Å². The fourth-order valence-corrected chi connectivity index (χ4v) is 1.38. The second-order valence-corrected chi connectivity index (χ2v) is 3.43. The second kappa shape index (κ2) is 3.05. The van der Waals surface area contributed by atoms with Crippen LogP contribution in [0.1, 0.15) is 32.6 Å². The van der Waals surface area contributed by atoms with E-state index in [1.807, 2.05) is 0 Å². The van der Waals surface area contributed by atoms with Gasteiger partial charge in [-0.2, -0.15) is 0 Å². The number of hydrogen-bond acceptors (Lipinski definition) is 0.